The Balaban J connectivity index is 1.69. The fraction of sp³-hybridized carbons (Fsp3) is 0. The smallest absolute Gasteiger partial charge is 0.185 e. The lowest BCUT2D eigenvalue weighted by molar-refractivity contribution is 0.104. The first kappa shape index (κ1) is 16.3. The minimum Gasteiger partial charge on any atom is -0.455 e. The van der Waals surface area contributed by atoms with Crippen molar-refractivity contribution in [3.63, 3.8) is 0 Å². The number of ether oxygens (including phenoxy) is 1. The molecule has 0 unspecified atom stereocenters. The van der Waals surface area contributed by atoms with Crippen LogP contribution in [-0.4, -0.2) is 5.78 Å². The molecule has 0 bridgehead atoms. The maximum Gasteiger partial charge on any atom is 0.185 e. The van der Waals surface area contributed by atoms with E-state index in [-0.39, 0.29) is 5.78 Å². The van der Waals surface area contributed by atoms with Crippen LogP contribution in [0.3, 0.4) is 0 Å². The van der Waals surface area contributed by atoms with Crippen LogP contribution in [-0.2, 0) is 0 Å². The van der Waals surface area contributed by atoms with Crippen LogP contribution >= 0.6 is 0 Å². The molecule has 25 heavy (non-hydrogen) atoms. The Hall–Kier alpha value is -3.53. The minimum absolute atomic E-state index is 0.0672. The molecule has 124 valence electrons. The number of carbonyl (C=O) groups excluding carboxylic acids is 1. The summed E-state index contributed by atoms with van der Waals surface area (Å²) in [4.78, 5) is 12.2. The van der Waals surface area contributed by atoms with Crippen LogP contribution in [0.25, 0.3) is 6.08 Å². The molecule has 3 aromatic carbocycles. The third-order valence-corrected chi connectivity index (χ3v) is 3.63. The van der Waals surface area contributed by atoms with Gasteiger partial charge in [-0.3, -0.25) is 4.79 Å². The minimum atomic E-state index is -0.0672. The highest BCUT2D eigenvalue weighted by Gasteiger charge is 2.05. The molecule has 0 aliphatic carbocycles. The van der Waals surface area contributed by atoms with Gasteiger partial charge >= 0.3 is 0 Å². The second-order valence-corrected chi connectivity index (χ2v) is 5.53. The first-order valence-electron chi connectivity index (χ1n) is 7.82. The average Bonchev–Trinajstić information content (AvgIpc) is 2.63. The average molecular weight is 330 g/mol. The summed E-state index contributed by atoms with van der Waals surface area (Å²) in [5.74, 6) is 1.06. The highest BCUT2D eigenvalue weighted by Crippen LogP contribution is 2.29. The van der Waals surface area contributed by atoms with Crippen molar-refractivity contribution in [1.29, 1.82) is 0 Å². The summed E-state index contributed by atoms with van der Waals surface area (Å²) in [6.07, 6.45) is 3.35. The van der Waals surface area contributed by atoms with E-state index in [4.69, 9.17) is 16.2 Å². The van der Waals surface area contributed by atoms with Gasteiger partial charge in [-0.05, 0) is 54.1 Å². The van der Waals surface area contributed by atoms with Gasteiger partial charge in [-0.15, -0.1) is 0 Å². The van der Waals surface area contributed by atoms with Gasteiger partial charge in [0.05, 0.1) is 5.69 Å². The van der Waals surface area contributed by atoms with Crippen LogP contribution < -0.4 is 16.2 Å². The third-order valence-electron chi connectivity index (χ3n) is 3.63. The number of anilines is 2. The van der Waals surface area contributed by atoms with E-state index in [2.05, 4.69) is 0 Å². The van der Waals surface area contributed by atoms with Gasteiger partial charge in [0.2, 0.25) is 0 Å². The molecule has 0 radical (unpaired) electrons. The SMILES string of the molecule is Nc1ccc(Oc2ccc(C(=O)/C=C/c3ccccc3)cc2)c(N)c1. The Bertz CT molecular complexity index is 901. The zero-order valence-corrected chi connectivity index (χ0v) is 13.6. The van der Waals surface area contributed by atoms with Gasteiger partial charge in [0, 0.05) is 11.3 Å². The molecule has 0 saturated heterocycles. The van der Waals surface area contributed by atoms with Crippen molar-refractivity contribution in [3.05, 3.63) is 90.0 Å². The first-order valence-corrected chi connectivity index (χ1v) is 7.82. The molecule has 0 aromatic heterocycles. The van der Waals surface area contributed by atoms with E-state index in [1.807, 2.05) is 30.3 Å². The Morgan fingerprint density at radius 1 is 0.880 bits per heavy atom. The number of hydrogen-bond acceptors (Lipinski definition) is 4. The number of hydrogen-bond donors (Lipinski definition) is 2. The number of rotatable bonds is 5. The van der Waals surface area contributed by atoms with E-state index in [1.165, 1.54) is 0 Å². The molecular weight excluding hydrogens is 312 g/mol. The van der Waals surface area contributed by atoms with Crippen LogP contribution in [0.15, 0.2) is 78.9 Å². The number of nitrogens with two attached hydrogens (primary N) is 2. The van der Waals surface area contributed by atoms with Crippen LogP contribution in [0.4, 0.5) is 11.4 Å². The Kier molecular flexibility index (Phi) is 4.81. The molecule has 0 heterocycles. The topological polar surface area (TPSA) is 78.3 Å². The number of benzene rings is 3. The highest BCUT2D eigenvalue weighted by atomic mass is 16.5. The normalized spacial score (nSPS) is 10.7. The van der Waals surface area contributed by atoms with Crippen LogP contribution in [0, 0.1) is 0 Å². The van der Waals surface area contributed by atoms with Gasteiger partial charge in [0.1, 0.15) is 11.5 Å². The van der Waals surface area contributed by atoms with Crippen LogP contribution in [0.1, 0.15) is 15.9 Å². The molecule has 0 amide bonds. The number of nitrogen functional groups attached to an aromatic ring is 2. The monoisotopic (exact) mass is 330 g/mol. The number of ketones is 1. The van der Waals surface area contributed by atoms with Crippen LogP contribution in [0.2, 0.25) is 0 Å². The fourth-order valence-electron chi connectivity index (χ4n) is 2.31. The Morgan fingerprint density at radius 2 is 1.60 bits per heavy atom. The standard InChI is InChI=1S/C21H18N2O2/c22-17-9-13-21(19(23)14-17)25-18-10-7-16(8-11-18)20(24)12-6-15-4-2-1-3-5-15/h1-14H,22-23H2/b12-6+. The van der Waals surface area contributed by atoms with Crippen molar-refractivity contribution >= 4 is 23.2 Å². The third kappa shape index (κ3) is 4.26. The maximum absolute atomic E-state index is 12.2. The Labute approximate surface area is 146 Å². The quantitative estimate of drug-likeness (QED) is 0.409. The van der Waals surface area contributed by atoms with Gasteiger partial charge in [-0.1, -0.05) is 36.4 Å². The predicted molar refractivity (Wildman–Crippen MR) is 102 cm³/mol. The zero-order chi connectivity index (χ0) is 17.6. The molecule has 4 heteroatoms. The Morgan fingerprint density at radius 3 is 2.28 bits per heavy atom. The van der Waals surface area contributed by atoms with Gasteiger partial charge in [0.25, 0.3) is 0 Å². The molecule has 0 aliphatic heterocycles. The molecule has 4 nitrogen and oxygen atoms in total. The summed E-state index contributed by atoms with van der Waals surface area (Å²) < 4.78 is 5.72. The van der Waals surface area contributed by atoms with E-state index in [0.717, 1.165) is 5.56 Å². The summed E-state index contributed by atoms with van der Waals surface area (Å²) >= 11 is 0. The molecule has 0 fully saturated rings. The van der Waals surface area contributed by atoms with Gasteiger partial charge in [0.15, 0.2) is 5.78 Å². The fourth-order valence-corrected chi connectivity index (χ4v) is 2.31. The second-order valence-electron chi connectivity index (χ2n) is 5.53. The zero-order valence-electron chi connectivity index (χ0n) is 13.6. The summed E-state index contributed by atoms with van der Waals surface area (Å²) in [6.45, 7) is 0. The molecule has 4 N–H and O–H groups in total. The highest BCUT2D eigenvalue weighted by molar-refractivity contribution is 6.06. The van der Waals surface area contributed by atoms with E-state index in [0.29, 0.717) is 28.4 Å². The molecule has 0 aliphatic rings. The van der Waals surface area contributed by atoms with Gasteiger partial charge in [-0.25, -0.2) is 0 Å². The largest absolute Gasteiger partial charge is 0.455 e. The molecule has 3 rings (SSSR count). The van der Waals surface area contributed by atoms with Crippen molar-refractivity contribution in [3.8, 4) is 11.5 Å². The lowest BCUT2D eigenvalue weighted by Crippen LogP contribution is -1.96. The summed E-state index contributed by atoms with van der Waals surface area (Å²) in [7, 11) is 0. The van der Waals surface area contributed by atoms with E-state index >= 15 is 0 Å². The van der Waals surface area contributed by atoms with Crippen molar-refractivity contribution in [2.75, 3.05) is 11.5 Å². The molecular formula is C21H18N2O2. The van der Waals surface area contributed by atoms with Crippen molar-refractivity contribution in [2.45, 2.75) is 0 Å². The maximum atomic E-state index is 12.2. The van der Waals surface area contributed by atoms with Crippen molar-refractivity contribution < 1.29 is 9.53 Å². The van der Waals surface area contributed by atoms with Crippen molar-refractivity contribution in [2.24, 2.45) is 0 Å². The predicted octanol–water partition coefficient (Wildman–Crippen LogP) is 4.54. The lowest BCUT2D eigenvalue weighted by Gasteiger charge is -2.09. The summed E-state index contributed by atoms with van der Waals surface area (Å²) in [5.41, 5.74) is 14.2. The molecule has 0 saturated carbocycles. The summed E-state index contributed by atoms with van der Waals surface area (Å²) in [6, 6.07) is 21.7. The summed E-state index contributed by atoms with van der Waals surface area (Å²) in [5, 5.41) is 0. The first-order chi connectivity index (χ1) is 12.1. The van der Waals surface area contributed by atoms with E-state index in [1.54, 1.807) is 54.6 Å². The van der Waals surface area contributed by atoms with Gasteiger partial charge < -0.3 is 16.2 Å². The lowest BCUT2D eigenvalue weighted by atomic mass is 10.1. The van der Waals surface area contributed by atoms with Crippen LogP contribution in [0.5, 0.6) is 11.5 Å². The molecule has 0 spiro atoms. The van der Waals surface area contributed by atoms with Crippen molar-refractivity contribution in [1.82, 2.24) is 0 Å². The van der Waals surface area contributed by atoms with Gasteiger partial charge in [-0.2, -0.15) is 0 Å². The molecule has 0 atom stereocenters. The van der Waals surface area contributed by atoms with E-state index < -0.39 is 0 Å². The van der Waals surface area contributed by atoms with E-state index in [9.17, 15) is 4.79 Å². The second kappa shape index (κ2) is 7.36. The number of allylic oxidation sites excluding steroid dienone is 1. The number of carbonyl (C=O) groups is 1. The molecule has 3 aromatic rings.